The van der Waals surface area contributed by atoms with E-state index in [0.29, 0.717) is 19.0 Å². The Morgan fingerprint density at radius 3 is 2.59 bits per heavy atom. The van der Waals surface area contributed by atoms with Crippen LogP contribution < -0.4 is 5.32 Å². The van der Waals surface area contributed by atoms with Crippen LogP contribution in [0.3, 0.4) is 0 Å². The Labute approximate surface area is 133 Å². The zero-order valence-corrected chi connectivity index (χ0v) is 14.3. The van der Waals surface area contributed by atoms with Gasteiger partial charge in [0.1, 0.15) is 6.54 Å². The Kier molecular flexibility index (Phi) is 6.69. The highest BCUT2D eigenvalue weighted by Gasteiger charge is 2.10. The van der Waals surface area contributed by atoms with Gasteiger partial charge in [-0.05, 0) is 19.1 Å². The number of aromatic nitrogens is 1. The summed E-state index contributed by atoms with van der Waals surface area (Å²) in [6.07, 6.45) is 2.01. The Hall–Kier alpha value is -2.24. The van der Waals surface area contributed by atoms with Crippen LogP contribution in [0.1, 0.15) is 12.6 Å². The van der Waals surface area contributed by atoms with Gasteiger partial charge in [-0.2, -0.15) is 0 Å². The van der Waals surface area contributed by atoms with Crippen LogP contribution in [0.15, 0.2) is 35.5 Å². The van der Waals surface area contributed by atoms with Crippen LogP contribution in [0.4, 0.5) is 0 Å². The molecule has 1 aromatic heterocycles. The van der Waals surface area contributed by atoms with Crippen LogP contribution in [-0.2, 0) is 18.4 Å². The predicted molar refractivity (Wildman–Crippen MR) is 90.7 cm³/mol. The molecule has 0 aliphatic heterocycles. The van der Waals surface area contributed by atoms with Gasteiger partial charge in [-0.3, -0.25) is 4.79 Å². The number of hydrogen-bond donors (Lipinski definition) is 1. The van der Waals surface area contributed by atoms with E-state index in [1.807, 2.05) is 38.2 Å². The number of likely N-dealkylation sites (N-methyl/N-ethyl adjacent to an activating group) is 1. The molecule has 0 saturated heterocycles. The molecule has 1 aromatic rings. The second-order valence-electron chi connectivity index (χ2n) is 5.71. The number of aliphatic imine (C=N–C) groups is 1. The monoisotopic (exact) mass is 305 g/mol. The van der Waals surface area contributed by atoms with Gasteiger partial charge in [0.15, 0.2) is 5.96 Å². The lowest BCUT2D eigenvalue weighted by Gasteiger charge is -2.23. The molecule has 0 fully saturated rings. The highest BCUT2D eigenvalue weighted by molar-refractivity contribution is 5.84. The Bertz CT molecular complexity index is 544. The molecule has 0 radical (unpaired) electrons. The van der Waals surface area contributed by atoms with Crippen LogP contribution in [0.2, 0.25) is 0 Å². The van der Waals surface area contributed by atoms with E-state index in [1.165, 1.54) is 10.6 Å². The molecule has 0 aliphatic carbocycles. The van der Waals surface area contributed by atoms with Crippen LogP contribution in [0, 0.1) is 0 Å². The van der Waals surface area contributed by atoms with Gasteiger partial charge in [-0.15, -0.1) is 0 Å². The Balaban J connectivity index is 2.79. The minimum atomic E-state index is -0.0260. The first-order valence-electron chi connectivity index (χ1n) is 7.25. The fourth-order valence-electron chi connectivity index (χ4n) is 1.80. The third-order valence-electron chi connectivity index (χ3n) is 3.22. The van der Waals surface area contributed by atoms with Crippen molar-refractivity contribution in [2.75, 3.05) is 34.2 Å². The number of rotatable bonds is 6. The lowest BCUT2D eigenvalue weighted by molar-refractivity contribution is -0.127. The van der Waals surface area contributed by atoms with Crippen molar-refractivity contribution in [1.82, 2.24) is 19.7 Å². The summed E-state index contributed by atoms with van der Waals surface area (Å²) < 4.78 is 2.07. The minimum absolute atomic E-state index is 0.0260. The van der Waals surface area contributed by atoms with Gasteiger partial charge in [-0.1, -0.05) is 12.2 Å². The summed E-state index contributed by atoms with van der Waals surface area (Å²) >= 11 is 0. The molecule has 6 heteroatoms. The van der Waals surface area contributed by atoms with Crippen molar-refractivity contribution in [3.8, 4) is 0 Å². The van der Waals surface area contributed by atoms with Crippen molar-refractivity contribution < 1.29 is 4.79 Å². The Morgan fingerprint density at radius 2 is 2.09 bits per heavy atom. The van der Waals surface area contributed by atoms with E-state index in [9.17, 15) is 4.79 Å². The van der Waals surface area contributed by atoms with E-state index in [0.717, 1.165) is 5.57 Å². The Morgan fingerprint density at radius 1 is 1.41 bits per heavy atom. The fraction of sp³-hybridized carbons (Fsp3) is 0.500. The van der Waals surface area contributed by atoms with Crippen molar-refractivity contribution in [2.24, 2.45) is 12.0 Å². The summed E-state index contributed by atoms with van der Waals surface area (Å²) in [5.74, 6) is 0.668. The summed E-state index contributed by atoms with van der Waals surface area (Å²) in [6.45, 7) is 7.30. The smallest absolute Gasteiger partial charge is 0.243 e. The normalized spacial score (nSPS) is 11.2. The number of nitrogens with one attached hydrogen (secondary N) is 1. The molecule has 0 atom stereocenters. The van der Waals surface area contributed by atoms with E-state index in [4.69, 9.17) is 0 Å². The van der Waals surface area contributed by atoms with Crippen LogP contribution in [0.5, 0.6) is 0 Å². The summed E-state index contributed by atoms with van der Waals surface area (Å²) in [5.41, 5.74) is 2.19. The molecule has 122 valence electrons. The van der Waals surface area contributed by atoms with Gasteiger partial charge >= 0.3 is 0 Å². The molecule has 1 heterocycles. The summed E-state index contributed by atoms with van der Waals surface area (Å²) in [5, 5.41) is 3.24. The SMILES string of the molecule is C=C(C)CNC(=NCC(=O)N(C)C)N(C)Cc1cccn1C. The molecular formula is C16H27N5O. The number of amides is 1. The third-order valence-corrected chi connectivity index (χ3v) is 3.22. The summed E-state index contributed by atoms with van der Waals surface area (Å²) in [6, 6.07) is 4.08. The first-order chi connectivity index (χ1) is 10.3. The number of aryl methyl sites for hydroxylation is 1. The number of guanidine groups is 1. The fourth-order valence-corrected chi connectivity index (χ4v) is 1.80. The van der Waals surface area contributed by atoms with Crippen molar-refractivity contribution in [3.63, 3.8) is 0 Å². The quantitative estimate of drug-likeness (QED) is 0.486. The first-order valence-corrected chi connectivity index (χ1v) is 7.25. The average Bonchev–Trinajstić information content (AvgIpc) is 2.83. The lowest BCUT2D eigenvalue weighted by atomic mass is 10.3. The van der Waals surface area contributed by atoms with Gasteiger partial charge in [0.2, 0.25) is 5.91 Å². The van der Waals surface area contributed by atoms with Crippen molar-refractivity contribution in [1.29, 1.82) is 0 Å². The first kappa shape index (κ1) is 17.8. The maximum absolute atomic E-state index is 11.7. The molecule has 0 saturated carbocycles. The van der Waals surface area contributed by atoms with Gasteiger partial charge in [0.05, 0.1) is 6.54 Å². The zero-order chi connectivity index (χ0) is 16.7. The van der Waals surface area contributed by atoms with Crippen molar-refractivity contribution in [3.05, 3.63) is 36.2 Å². The van der Waals surface area contributed by atoms with Gasteiger partial charge in [-0.25, -0.2) is 4.99 Å². The van der Waals surface area contributed by atoms with Crippen LogP contribution in [0.25, 0.3) is 0 Å². The molecule has 0 spiro atoms. The topological polar surface area (TPSA) is 52.9 Å². The third kappa shape index (κ3) is 5.63. The van der Waals surface area contributed by atoms with E-state index in [2.05, 4.69) is 27.5 Å². The predicted octanol–water partition coefficient (Wildman–Crippen LogP) is 1.07. The van der Waals surface area contributed by atoms with E-state index in [1.54, 1.807) is 14.1 Å². The molecule has 0 bridgehead atoms. The molecule has 0 unspecified atom stereocenters. The molecule has 1 amide bonds. The molecule has 1 rings (SSSR count). The second-order valence-corrected chi connectivity index (χ2v) is 5.71. The molecule has 0 aromatic carbocycles. The van der Waals surface area contributed by atoms with E-state index in [-0.39, 0.29) is 12.5 Å². The van der Waals surface area contributed by atoms with E-state index < -0.39 is 0 Å². The van der Waals surface area contributed by atoms with Gasteiger partial charge < -0.3 is 19.7 Å². The van der Waals surface area contributed by atoms with Gasteiger partial charge in [0.25, 0.3) is 0 Å². The number of carbonyl (C=O) groups excluding carboxylic acids is 1. The number of carbonyl (C=O) groups is 1. The minimum Gasteiger partial charge on any atom is -0.353 e. The molecule has 0 aliphatic rings. The highest BCUT2D eigenvalue weighted by Crippen LogP contribution is 2.04. The lowest BCUT2D eigenvalue weighted by Crippen LogP contribution is -2.40. The van der Waals surface area contributed by atoms with Gasteiger partial charge in [0, 0.05) is 46.6 Å². The van der Waals surface area contributed by atoms with Crippen molar-refractivity contribution >= 4 is 11.9 Å². The van der Waals surface area contributed by atoms with Crippen LogP contribution in [-0.4, -0.2) is 60.5 Å². The second kappa shape index (κ2) is 8.26. The standard InChI is InChI=1S/C16H27N5O/c1-13(2)10-17-16(18-11-15(22)19(3)4)21(6)12-14-8-7-9-20(14)5/h7-9H,1,10-12H2,2-6H3,(H,17,18). The van der Waals surface area contributed by atoms with E-state index >= 15 is 0 Å². The summed E-state index contributed by atoms with van der Waals surface area (Å²) in [7, 11) is 7.42. The molecular weight excluding hydrogens is 278 g/mol. The molecule has 6 nitrogen and oxygen atoms in total. The highest BCUT2D eigenvalue weighted by atomic mass is 16.2. The summed E-state index contributed by atoms with van der Waals surface area (Å²) in [4.78, 5) is 19.7. The zero-order valence-electron chi connectivity index (χ0n) is 14.3. The molecule has 22 heavy (non-hydrogen) atoms. The molecule has 1 N–H and O–H groups in total. The maximum atomic E-state index is 11.7. The van der Waals surface area contributed by atoms with Crippen LogP contribution >= 0.6 is 0 Å². The average molecular weight is 305 g/mol. The largest absolute Gasteiger partial charge is 0.353 e. The maximum Gasteiger partial charge on any atom is 0.243 e. The number of nitrogens with zero attached hydrogens (tertiary/aromatic N) is 4. The number of hydrogen-bond acceptors (Lipinski definition) is 2. The van der Waals surface area contributed by atoms with Crippen molar-refractivity contribution in [2.45, 2.75) is 13.5 Å².